The molecule has 1 heterocycles. The van der Waals surface area contributed by atoms with Crippen LogP contribution >= 0.6 is 11.3 Å². The Morgan fingerprint density at radius 1 is 1.28 bits per heavy atom. The van der Waals surface area contributed by atoms with Crippen LogP contribution in [0.25, 0.3) is 10.2 Å². The highest BCUT2D eigenvalue weighted by atomic mass is 32.1. The van der Waals surface area contributed by atoms with Crippen LogP contribution in [0.5, 0.6) is 0 Å². The molecule has 5 heteroatoms. The molecular weight excluding hydrogens is 330 g/mol. The summed E-state index contributed by atoms with van der Waals surface area (Å²) in [5.41, 5.74) is 4.22. The molecule has 0 atom stereocenters. The maximum atomic E-state index is 12.5. The molecule has 1 amide bonds. The van der Waals surface area contributed by atoms with Crippen molar-refractivity contribution in [3.05, 3.63) is 63.5 Å². The minimum atomic E-state index is -0.351. The standard InChI is InChI=1S/C20H15N3OS/c1-4-9-23-18-14(3)10-13(2)11-17(18)25-20(23)22-19(24)16-7-5-15(12-21)6-8-16/h1,5-8,10-11H,9H2,2-3H3. The van der Waals surface area contributed by atoms with Crippen molar-refractivity contribution in [2.45, 2.75) is 20.4 Å². The highest BCUT2D eigenvalue weighted by Crippen LogP contribution is 2.23. The number of hydrogen-bond donors (Lipinski definition) is 0. The summed E-state index contributed by atoms with van der Waals surface area (Å²) in [5.74, 6) is 2.28. The molecule has 0 unspecified atom stereocenters. The van der Waals surface area contributed by atoms with E-state index in [0.717, 1.165) is 21.3 Å². The second-order valence-electron chi connectivity index (χ2n) is 5.71. The fourth-order valence-electron chi connectivity index (χ4n) is 2.75. The maximum Gasteiger partial charge on any atom is 0.279 e. The first-order valence-electron chi connectivity index (χ1n) is 7.66. The number of fused-ring (bicyclic) bond motifs is 1. The van der Waals surface area contributed by atoms with E-state index in [0.29, 0.717) is 22.5 Å². The summed E-state index contributed by atoms with van der Waals surface area (Å²) in [5, 5.41) is 8.85. The molecule has 0 N–H and O–H groups in total. The largest absolute Gasteiger partial charge is 0.304 e. The fraction of sp³-hybridized carbons (Fsp3) is 0.150. The minimum Gasteiger partial charge on any atom is -0.304 e. The monoisotopic (exact) mass is 345 g/mol. The average molecular weight is 345 g/mol. The van der Waals surface area contributed by atoms with Gasteiger partial charge in [0.2, 0.25) is 0 Å². The lowest BCUT2D eigenvalue weighted by Gasteiger charge is -2.04. The van der Waals surface area contributed by atoms with E-state index in [9.17, 15) is 4.79 Å². The smallest absolute Gasteiger partial charge is 0.279 e. The number of carbonyl (C=O) groups excluding carboxylic acids is 1. The Bertz CT molecular complexity index is 1120. The molecule has 25 heavy (non-hydrogen) atoms. The fourth-order valence-corrected chi connectivity index (χ4v) is 3.96. The Balaban J connectivity index is 2.16. The Labute approximate surface area is 149 Å². The van der Waals surface area contributed by atoms with Crippen molar-refractivity contribution in [2.24, 2.45) is 4.99 Å². The third-order valence-electron chi connectivity index (χ3n) is 3.82. The lowest BCUT2D eigenvalue weighted by molar-refractivity contribution is 0.0998. The molecule has 3 aromatic rings. The van der Waals surface area contributed by atoms with Crippen molar-refractivity contribution in [3.63, 3.8) is 0 Å². The highest BCUT2D eigenvalue weighted by Gasteiger charge is 2.11. The van der Waals surface area contributed by atoms with E-state index in [4.69, 9.17) is 11.7 Å². The van der Waals surface area contributed by atoms with E-state index in [2.05, 4.69) is 23.0 Å². The van der Waals surface area contributed by atoms with E-state index in [1.807, 2.05) is 24.5 Å². The predicted octanol–water partition coefficient (Wildman–Crippen LogP) is 3.57. The molecule has 0 fully saturated rings. The first kappa shape index (κ1) is 16.7. The van der Waals surface area contributed by atoms with Gasteiger partial charge in [0.05, 0.1) is 28.4 Å². The summed E-state index contributed by atoms with van der Waals surface area (Å²) in [7, 11) is 0. The number of aryl methyl sites for hydroxylation is 2. The molecule has 3 rings (SSSR count). The average Bonchev–Trinajstić information content (AvgIpc) is 2.92. The van der Waals surface area contributed by atoms with Gasteiger partial charge in [-0.25, -0.2) is 0 Å². The zero-order chi connectivity index (χ0) is 18.0. The summed E-state index contributed by atoms with van der Waals surface area (Å²) in [6, 6.07) is 12.6. The van der Waals surface area contributed by atoms with E-state index in [1.165, 1.54) is 11.3 Å². The molecule has 1 aromatic heterocycles. The molecule has 0 aliphatic carbocycles. The Morgan fingerprint density at radius 3 is 2.64 bits per heavy atom. The quantitative estimate of drug-likeness (QED) is 0.667. The van der Waals surface area contributed by atoms with Gasteiger partial charge in [-0.2, -0.15) is 10.3 Å². The number of hydrogen-bond acceptors (Lipinski definition) is 3. The molecule has 4 nitrogen and oxygen atoms in total. The van der Waals surface area contributed by atoms with Gasteiger partial charge in [0.15, 0.2) is 4.80 Å². The van der Waals surface area contributed by atoms with E-state index < -0.39 is 0 Å². The van der Waals surface area contributed by atoms with Crippen LogP contribution in [0.1, 0.15) is 27.0 Å². The number of thiazole rings is 1. The van der Waals surface area contributed by atoms with Gasteiger partial charge in [-0.1, -0.05) is 23.3 Å². The molecular formula is C20H15N3OS. The molecule has 0 bridgehead atoms. The molecule has 2 aromatic carbocycles. The van der Waals surface area contributed by atoms with Crippen molar-refractivity contribution >= 4 is 27.5 Å². The highest BCUT2D eigenvalue weighted by molar-refractivity contribution is 7.16. The number of rotatable bonds is 2. The van der Waals surface area contributed by atoms with Crippen LogP contribution in [0.3, 0.4) is 0 Å². The van der Waals surface area contributed by atoms with Crippen LogP contribution in [0.15, 0.2) is 41.4 Å². The van der Waals surface area contributed by atoms with Gasteiger partial charge in [-0.15, -0.1) is 6.42 Å². The van der Waals surface area contributed by atoms with Crippen LogP contribution in [-0.2, 0) is 6.54 Å². The maximum absolute atomic E-state index is 12.5. The van der Waals surface area contributed by atoms with Crippen molar-refractivity contribution in [2.75, 3.05) is 0 Å². The summed E-state index contributed by atoms with van der Waals surface area (Å²) >= 11 is 1.45. The van der Waals surface area contributed by atoms with E-state index >= 15 is 0 Å². The zero-order valence-electron chi connectivity index (χ0n) is 13.9. The van der Waals surface area contributed by atoms with Crippen molar-refractivity contribution in [1.29, 1.82) is 5.26 Å². The number of nitriles is 1. The molecule has 0 saturated carbocycles. The number of nitrogens with zero attached hydrogens (tertiary/aromatic N) is 3. The number of carbonyl (C=O) groups is 1. The van der Waals surface area contributed by atoms with Crippen LogP contribution in [0, 0.1) is 37.5 Å². The summed E-state index contributed by atoms with van der Waals surface area (Å²) < 4.78 is 2.95. The van der Waals surface area contributed by atoms with Crippen molar-refractivity contribution < 1.29 is 4.79 Å². The van der Waals surface area contributed by atoms with Crippen molar-refractivity contribution in [3.8, 4) is 18.4 Å². The number of aromatic nitrogens is 1. The van der Waals surface area contributed by atoms with Crippen LogP contribution in [-0.4, -0.2) is 10.5 Å². The lowest BCUT2D eigenvalue weighted by Crippen LogP contribution is -2.17. The lowest BCUT2D eigenvalue weighted by atomic mass is 10.1. The number of terminal acetylenes is 1. The molecule has 0 aliphatic heterocycles. The van der Waals surface area contributed by atoms with Gasteiger partial charge >= 0.3 is 0 Å². The predicted molar refractivity (Wildman–Crippen MR) is 99.2 cm³/mol. The van der Waals surface area contributed by atoms with Crippen molar-refractivity contribution in [1.82, 2.24) is 4.57 Å². The van der Waals surface area contributed by atoms with Gasteiger partial charge < -0.3 is 4.57 Å². The zero-order valence-corrected chi connectivity index (χ0v) is 14.7. The second kappa shape index (κ2) is 6.76. The molecule has 0 aliphatic rings. The Morgan fingerprint density at radius 2 is 2.00 bits per heavy atom. The van der Waals surface area contributed by atoms with Crippen LogP contribution in [0.2, 0.25) is 0 Å². The second-order valence-corrected chi connectivity index (χ2v) is 6.72. The Kier molecular flexibility index (Phi) is 4.52. The van der Waals surface area contributed by atoms with E-state index in [-0.39, 0.29) is 5.91 Å². The normalized spacial score (nSPS) is 11.3. The first-order chi connectivity index (χ1) is 12.0. The van der Waals surface area contributed by atoms with Gasteiger partial charge in [0.25, 0.3) is 5.91 Å². The number of amides is 1. The third-order valence-corrected chi connectivity index (χ3v) is 4.84. The van der Waals surface area contributed by atoms with Crippen LogP contribution in [0.4, 0.5) is 0 Å². The molecule has 0 spiro atoms. The minimum absolute atomic E-state index is 0.351. The van der Waals surface area contributed by atoms with Gasteiger partial charge in [-0.05, 0) is 55.3 Å². The third kappa shape index (κ3) is 3.24. The summed E-state index contributed by atoms with van der Waals surface area (Å²) in [6.45, 7) is 4.42. The first-order valence-corrected chi connectivity index (χ1v) is 8.48. The molecule has 0 saturated heterocycles. The Hall–Kier alpha value is -3.15. The summed E-state index contributed by atoms with van der Waals surface area (Å²) in [4.78, 5) is 17.3. The SMILES string of the molecule is C#CCn1c(=NC(=O)c2ccc(C#N)cc2)sc2cc(C)cc(C)c21. The van der Waals surface area contributed by atoms with Gasteiger partial charge in [0, 0.05) is 5.56 Å². The van der Waals surface area contributed by atoms with Gasteiger partial charge in [0.1, 0.15) is 0 Å². The van der Waals surface area contributed by atoms with Gasteiger partial charge in [-0.3, -0.25) is 4.79 Å². The summed E-state index contributed by atoms with van der Waals surface area (Å²) in [6.07, 6.45) is 5.51. The topological polar surface area (TPSA) is 58.1 Å². The van der Waals surface area contributed by atoms with Crippen LogP contribution < -0.4 is 4.80 Å². The van der Waals surface area contributed by atoms with E-state index in [1.54, 1.807) is 24.3 Å². The molecule has 122 valence electrons. The molecule has 0 radical (unpaired) electrons. The number of benzene rings is 2.